The molecule has 0 atom stereocenters. The zero-order chi connectivity index (χ0) is 11.7. The molecular weight excluding hydrogens is 201 g/mol. The first-order chi connectivity index (χ1) is 7.65. The Bertz CT molecular complexity index is 503. The first-order valence-corrected chi connectivity index (χ1v) is 5.61. The number of aromatic nitrogens is 4. The first kappa shape index (κ1) is 10.9. The van der Waals surface area contributed by atoms with Crippen molar-refractivity contribution >= 4 is 25.2 Å². The van der Waals surface area contributed by atoms with E-state index >= 15 is 0 Å². The molecule has 2 aromatic heterocycles. The summed E-state index contributed by atoms with van der Waals surface area (Å²) in [4.78, 5) is 10.9. The maximum absolute atomic E-state index is 4.37. The lowest BCUT2D eigenvalue weighted by Gasteiger charge is -2.21. The molecule has 0 saturated heterocycles. The smallest absolute Gasteiger partial charge is 0.253 e. The van der Waals surface area contributed by atoms with E-state index in [0.29, 0.717) is 5.78 Å². The molecule has 2 rings (SSSR count). The third kappa shape index (κ3) is 1.75. The van der Waals surface area contributed by atoms with E-state index in [9.17, 15) is 0 Å². The van der Waals surface area contributed by atoms with Gasteiger partial charge in [-0.1, -0.05) is 0 Å². The molecule has 0 aromatic carbocycles. The summed E-state index contributed by atoms with van der Waals surface area (Å²) in [6.07, 6.45) is 0. The first-order valence-electron chi connectivity index (χ1n) is 5.61. The normalized spacial score (nSPS) is 10.9. The van der Waals surface area contributed by atoms with Crippen LogP contribution in [0.2, 0.25) is 0 Å². The number of hydrogen-bond donors (Lipinski definition) is 0. The van der Waals surface area contributed by atoms with E-state index in [1.807, 2.05) is 25.4 Å². The van der Waals surface area contributed by atoms with Gasteiger partial charge < -0.3 is 4.90 Å². The van der Waals surface area contributed by atoms with Crippen LogP contribution in [0.1, 0.15) is 19.5 Å². The van der Waals surface area contributed by atoms with Gasteiger partial charge in [0.05, 0.1) is 0 Å². The van der Waals surface area contributed by atoms with E-state index < -0.39 is 0 Å². The molecule has 0 aliphatic rings. The van der Waals surface area contributed by atoms with Crippen molar-refractivity contribution in [3.8, 4) is 0 Å². The molecule has 2 heterocycles. The summed E-state index contributed by atoms with van der Waals surface area (Å²) in [5.41, 5.74) is 1.73. The Morgan fingerprint density at radius 3 is 2.62 bits per heavy atom. The van der Waals surface area contributed by atoms with Gasteiger partial charge in [-0.05, 0) is 20.8 Å². The van der Waals surface area contributed by atoms with Crippen molar-refractivity contribution in [3.63, 3.8) is 0 Å². The highest BCUT2D eigenvalue weighted by atomic mass is 15.4. The van der Waals surface area contributed by atoms with E-state index in [2.05, 4.69) is 33.8 Å². The lowest BCUT2D eigenvalue weighted by atomic mass is 10.1. The zero-order valence-corrected chi connectivity index (χ0v) is 10.2. The van der Waals surface area contributed by atoms with E-state index in [-0.39, 0.29) is 0 Å². The summed E-state index contributed by atoms with van der Waals surface area (Å²) >= 11 is 0. The highest BCUT2D eigenvalue weighted by molar-refractivity contribution is 6.29. The average molecular weight is 217 g/mol. The maximum Gasteiger partial charge on any atom is 0.253 e. The van der Waals surface area contributed by atoms with E-state index in [0.717, 1.165) is 30.3 Å². The van der Waals surface area contributed by atoms with Crippen molar-refractivity contribution in [1.29, 1.82) is 0 Å². The van der Waals surface area contributed by atoms with Gasteiger partial charge in [-0.2, -0.15) is 9.61 Å². The minimum Gasteiger partial charge on any atom is -0.357 e. The lowest BCUT2D eigenvalue weighted by Crippen LogP contribution is -2.25. The molecule has 5 nitrogen and oxygen atoms in total. The Hall–Kier alpha value is -1.59. The third-order valence-corrected chi connectivity index (χ3v) is 2.61. The number of nitrogens with zero attached hydrogens (tertiary/aromatic N) is 5. The Balaban J connectivity index is 2.66. The molecule has 0 fully saturated rings. The molecule has 16 heavy (non-hydrogen) atoms. The quantitative estimate of drug-likeness (QED) is 0.652. The predicted octanol–water partition coefficient (Wildman–Crippen LogP) is -0.463. The average Bonchev–Trinajstić information content (AvgIpc) is 2.60. The topological polar surface area (TPSA) is 46.3 Å². The van der Waals surface area contributed by atoms with Gasteiger partial charge in [0, 0.05) is 24.8 Å². The second-order valence-electron chi connectivity index (χ2n) is 3.80. The van der Waals surface area contributed by atoms with Crippen LogP contribution in [0, 0.1) is 6.92 Å². The summed E-state index contributed by atoms with van der Waals surface area (Å²) < 4.78 is 1.81. The Morgan fingerprint density at radius 2 is 2.00 bits per heavy atom. The summed E-state index contributed by atoms with van der Waals surface area (Å²) in [5, 5.41) is 4.37. The van der Waals surface area contributed by atoms with Crippen LogP contribution in [0.5, 0.6) is 0 Å². The van der Waals surface area contributed by atoms with Crippen molar-refractivity contribution < 1.29 is 0 Å². The van der Waals surface area contributed by atoms with Crippen LogP contribution in [-0.2, 0) is 0 Å². The van der Waals surface area contributed by atoms with Crippen molar-refractivity contribution in [2.75, 3.05) is 18.0 Å². The monoisotopic (exact) mass is 217 g/mol. The van der Waals surface area contributed by atoms with Crippen LogP contribution < -0.4 is 10.6 Å². The summed E-state index contributed by atoms with van der Waals surface area (Å²) in [6, 6.07) is 2.05. The van der Waals surface area contributed by atoms with Crippen LogP contribution in [0.15, 0.2) is 6.07 Å². The van der Waals surface area contributed by atoms with Crippen LogP contribution in [0.25, 0.3) is 5.78 Å². The fraction of sp³-hybridized carbons (Fsp3) is 0.500. The number of aryl methyl sites for hydroxylation is 1. The van der Waals surface area contributed by atoms with Gasteiger partial charge in [0.25, 0.3) is 5.78 Å². The van der Waals surface area contributed by atoms with Crippen molar-refractivity contribution in [2.45, 2.75) is 20.8 Å². The minimum absolute atomic E-state index is 0.680. The van der Waals surface area contributed by atoms with Crippen molar-refractivity contribution in [1.82, 2.24) is 19.6 Å². The van der Waals surface area contributed by atoms with Crippen LogP contribution in [0.3, 0.4) is 0 Å². The number of fused-ring (bicyclic) bond motifs is 1. The SMILES string of the molecule is Bc1nc2nc(C)cc(N(CC)CC)n2n1. The molecule has 0 radical (unpaired) electrons. The van der Waals surface area contributed by atoms with Gasteiger partial charge in [-0.15, -0.1) is 0 Å². The highest BCUT2D eigenvalue weighted by Crippen LogP contribution is 2.14. The molecule has 2 aromatic rings. The highest BCUT2D eigenvalue weighted by Gasteiger charge is 2.11. The zero-order valence-electron chi connectivity index (χ0n) is 10.2. The van der Waals surface area contributed by atoms with Gasteiger partial charge in [0.2, 0.25) is 0 Å². The van der Waals surface area contributed by atoms with E-state index in [1.54, 1.807) is 0 Å². The molecule has 0 saturated carbocycles. The van der Waals surface area contributed by atoms with E-state index in [1.165, 1.54) is 0 Å². The third-order valence-electron chi connectivity index (χ3n) is 2.61. The Labute approximate surface area is 95.9 Å². The summed E-state index contributed by atoms with van der Waals surface area (Å²) in [6.45, 7) is 8.16. The molecule has 0 bridgehead atoms. The molecule has 0 spiro atoms. The molecule has 0 aliphatic heterocycles. The van der Waals surface area contributed by atoms with Crippen LogP contribution >= 0.6 is 0 Å². The minimum atomic E-state index is 0.680. The van der Waals surface area contributed by atoms with Crippen LogP contribution in [-0.4, -0.2) is 40.5 Å². The van der Waals surface area contributed by atoms with Gasteiger partial charge in [0.15, 0.2) is 7.85 Å². The van der Waals surface area contributed by atoms with Gasteiger partial charge in [-0.3, -0.25) is 0 Å². The van der Waals surface area contributed by atoms with Gasteiger partial charge in [-0.25, -0.2) is 9.97 Å². The maximum atomic E-state index is 4.37. The van der Waals surface area contributed by atoms with Crippen LogP contribution in [0.4, 0.5) is 5.82 Å². The molecular formula is C10H16BN5. The fourth-order valence-electron chi connectivity index (χ4n) is 1.84. The van der Waals surface area contributed by atoms with Crippen molar-refractivity contribution in [2.24, 2.45) is 0 Å². The number of rotatable bonds is 3. The van der Waals surface area contributed by atoms with E-state index in [4.69, 9.17) is 0 Å². The molecule has 0 unspecified atom stereocenters. The Kier molecular flexibility index (Phi) is 2.81. The number of anilines is 1. The second-order valence-corrected chi connectivity index (χ2v) is 3.80. The Morgan fingerprint density at radius 1 is 1.31 bits per heavy atom. The standard InChI is InChI=1S/C10H16BN5/c1-4-15(5-2)8-6-7(3)12-10-13-9(11)14-16(8)10/h6H,4-5,11H2,1-3H3. The predicted molar refractivity (Wildman–Crippen MR) is 67.3 cm³/mol. The van der Waals surface area contributed by atoms with Crippen molar-refractivity contribution in [3.05, 3.63) is 11.8 Å². The van der Waals surface area contributed by atoms with Gasteiger partial charge in [0.1, 0.15) is 11.5 Å². The largest absolute Gasteiger partial charge is 0.357 e. The van der Waals surface area contributed by atoms with Gasteiger partial charge >= 0.3 is 0 Å². The molecule has 0 aliphatic carbocycles. The lowest BCUT2D eigenvalue weighted by molar-refractivity contribution is 0.798. The number of hydrogen-bond acceptors (Lipinski definition) is 4. The molecule has 0 amide bonds. The molecule has 84 valence electrons. The second kappa shape index (κ2) is 4.12. The molecule has 6 heteroatoms. The molecule has 0 N–H and O–H groups in total. The fourth-order valence-corrected chi connectivity index (χ4v) is 1.84. The summed E-state index contributed by atoms with van der Waals surface area (Å²) in [7, 11) is 1.88. The summed E-state index contributed by atoms with van der Waals surface area (Å²) in [5.74, 6) is 1.74.